The van der Waals surface area contributed by atoms with Gasteiger partial charge in [0.1, 0.15) is 31.0 Å². The van der Waals surface area contributed by atoms with E-state index in [-0.39, 0.29) is 6.61 Å². The molecule has 0 radical (unpaired) electrons. The topological polar surface area (TPSA) is 128 Å². The van der Waals surface area contributed by atoms with Crippen LogP contribution in [0.4, 0.5) is 4.79 Å². The van der Waals surface area contributed by atoms with Crippen molar-refractivity contribution < 1.29 is 34.7 Å². The van der Waals surface area contributed by atoms with Crippen LogP contribution >= 0.6 is 0 Å². The third-order valence-corrected chi connectivity index (χ3v) is 3.40. The highest BCUT2D eigenvalue weighted by atomic mass is 16.6. The lowest BCUT2D eigenvalue weighted by Gasteiger charge is -2.39. The molecule has 1 saturated heterocycles. The van der Waals surface area contributed by atoms with Crippen molar-refractivity contribution in [3.05, 3.63) is 35.9 Å². The van der Waals surface area contributed by atoms with E-state index in [0.29, 0.717) is 0 Å². The Bertz CT molecular complexity index is 483. The number of nitrogens with one attached hydrogen (secondary N) is 1. The standard InChI is InChI=1S/C14H19NO7/c16-6-9-11(17)12(18)10(13(19)22-9)15-14(20)21-7-8-4-2-1-3-5-8/h1-5,9-13,16-19H,6-7H2,(H,15,20)/t9-,10+,11+,12-,13+/m1/s1. The number of amides is 1. The molecule has 22 heavy (non-hydrogen) atoms. The molecule has 8 nitrogen and oxygen atoms in total. The first kappa shape index (κ1) is 16.7. The van der Waals surface area contributed by atoms with Gasteiger partial charge in [0, 0.05) is 0 Å². The van der Waals surface area contributed by atoms with Gasteiger partial charge >= 0.3 is 6.09 Å². The van der Waals surface area contributed by atoms with E-state index in [1.807, 2.05) is 6.07 Å². The summed E-state index contributed by atoms with van der Waals surface area (Å²) < 4.78 is 9.88. The highest BCUT2D eigenvalue weighted by Crippen LogP contribution is 2.19. The number of carbonyl (C=O) groups is 1. The van der Waals surface area contributed by atoms with Gasteiger partial charge in [-0.2, -0.15) is 0 Å². The summed E-state index contributed by atoms with van der Waals surface area (Å²) in [6.45, 7) is -0.547. The molecule has 0 bridgehead atoms. The molecule has 5 N–H and O–H groups in total. The molecular weight excluding hydrogens is 294 g/mol. The van der Waals surface area contributed by atoms with Crippen LogP contribution in [0.1, 0.15) is 5.56 Å². The molecule has 1 fully saturated rings. The van der Waals surface area contributed by atoms with E-state index in [1.54, 1.807) is 24.3 Å². The van der Waals surface area contributed by atoms with Crippen LogP contribution in [0.5, 0.6) is 0 Å². The van der Waals surface area contributed by atoms with Crippen molar-refractivity contribution in [2.24, 2.45) is 0 Å². The third kappa shape index (κ3) is 3.93. The molecule has 1 aromatic carbocycles. The summed E-state index contributed by atoms with van der Waals surface area (Å²) in [6.07, 6.45) is -6.49. The van der Waals surface area contributed by atoms with Gasteiger partial charge in [-0.25, -0.2) is 4.79 Å². The smallest absolute Gasteiger partial charge is 0.407 e. The van der Waals surface area contributed by atoms with Crippen LogP contribution in [-0.4, -0.2) is 63.8 Å². The van der Waals surface area contributed by atoms with Gasteiger partial charge in [-0.05, 0) is 5.56 Å². The van der Waals surface area contributed by atoms with Gasteiger partial charge in [-0.15, -0.1) is 0 Å². The highest BCUT2D eigenvalue weighted by Gasteiger charge is 2.44. The van der Waals surface area contributed by atoms with E-state index in [1.165, 1.54) is 0 Å². The number of carbonyl (C=O) groups excluding carboxylic acids is 1. The van der Waals surface area contributed by atoms with Crippen LogP contribution in [0.25, 0.3) is 0 Å². The van der Waals surface area contributed by atoms with E-state index in [2.05, 4.69) is 5.32 Å². The average molecular weight is 313 g/mol. The molecule has 0 aromatic heterocycles. The number of ether oxygens (including phenoxy) is 2. The van der Waals surface area contributed by atoms with Crippen molar-refractivity contribution in [2.45, 2.75) is 37.3 Å². The van der Waals surface area contributed by atoms with E-state index < -0.39 is 43.3 Å². The fourth-order valence-electron chi connectivity index (χ4n) is 2.15. The van der Waals surface area contributed by atoms with E-state index in [9.17, 15) is 20.1 Å². The first-order chi connectivity index (χ1) is 10.5. The van der Waals surface area contributed by atoms with Crippen molar-refractivity contribution >= 4 is 6.09 Å². The number of alkyl carbamates (subject to hydrolysis) is 1. The minimum Gasteiger partial charge on any atom is -0.445 e. The third-order valence-electron chi connectivity index (χ3n) is 3.40. The monoisotopic (exact) mass is 313 g/mol. The van der Waals surface area contributed by atoms with Gasteiger partial charge in [0.2, 0.25) is 0 Å². The number of aliphatic hydroxyl groups excluding tert-OH is 4. The molecule has 0 spiro atoms. The SMILES string of the molecule is O=C(N[C@H]1[C@@H](O)[C@@H](O)[C@@H](CO)O[C@@H]1O)OCc1ccccc1. The zero-order valence-corrected chi connectivity index (χ0v) is 11.7. The van der Waals surface area contributed by atoms with Crippen molar-refractivity contribution in [2.75, 3.05) is 6.61 Å². The molecule has 122 valence electrons. The highest BCUT2D eigenvalue weighted by molar-refractivity contribution is 5.67. The fourth-order valence-corrected chi connectivity index (χ4v) is 2.15. The average Bonchev–Trinajstić information content (AvgIpc) is 2.54. The van der Waals surface area contributed by atoms with Crippen LogP contribution < -0.4 is 5.32 Å². The maximum Gasteiger partial charge on any atom is 0.407 e. The van der Waals surface area contributed by atoms with Gasteiger partial charge < -0.3 is 35.2 Å². The van der Waals surface area contributed by atoms with E-state index >= 15 is 0 Å². The van der Waals surface area contributed by atoms with Gasteiger partial charge in [-0.3, -0.25) is 0 Å². The summed E-state index contributed by atoms with van der Waals surface area (Å²) >= 11 is 0. The van der Waals surface area contributed by atoms with Crippen LogP contribution in [-0.2, 0) is 16.1 Å². The summed E-state index contributed by atoms with van der Waals surface area (Å²) in [7, 11) is 0. The lowest BCUT2D eigenvalue weighted by Crippen LogP contribution is -2.64. The molecule has 1 amide bonds. The zero-order valence-electron chi connectivity index (χ0n) is 11.7. The second kappa shape index (κ2) is 7.52. The second-order valence-electron chi connectivity index (χ2n) is 4.96. The molecule has 0 saturated carbocycles. The Hall–Kier alpha value is -1.71. The number of rotatable bonds is 4. The Morgan fingerprint density at radius 1 is 1.18 bits per heavy atom. The minimum absolute atomic E-state index is 0.0221. The van der Waals surface area contributed by atoms with Crippen LogP contribution in [0, 0.1) is 0 Å². The molecule has 0 unspecified atom stereocenters. The van der Waals surface area contributed by atoms with Crippen molar-refractivity contribution in [1.82, 2.24) is 5.32 Å². The van der Waals surface area contributed by atoms with Crippen LogP contribution in [0.3, 0.4) is 0 Å². The summed E-state index contributed by atoms with van der Waals surface area (Å²) in [6, 6.07) is 7.71. The minimum atomic E-state index is -1.57. The van der Waals surface area contributed by atoms with Gasteiger partial charge in [-0.1, -0.05) is 30.3 Å². The quantitative estimate of drug-likeness (QED) is 0.468. The largest absolute Gasteiger partial charge is 0.445 e. The normalized spacial score (nSPS) is 31.5. The molecule has 2 rings (SSSR count). The summed E-state index contributed by atoms with van der Waals surface area (Å²) in [5.74, 6) is 0. The van der Waals surface area contributed by atoms with Gasteiger partial charge in [0.25, 0.3) is 0 Å². The van der Waals surface area contributed by atoms with E-state index in [0.717, 1.165) is 5.56 Å². The van der Waals surface area contributed by atoms with Gasteiger partial charge in [0.15, 0.2) is 6.29 Å². The summed E-state index contributed by atoms with van der Waals surface area (Å²) in [5.41, 5.74) is 0.777. The Kier molecular flexibility index (Phi) is 5.69. The molecule has 1 aromatic rings. The predicted octanol–water partition coefficient (Wildman–Crippen LogP) is -1.29. The Morgan fingerprint density at radius 3 is 2.50 bits per heavy atom. The first-order valence-electron chi connectivity index (χ1n) is 6.80. The Labute approximate surface area is 126 Å². The molecule has 5 atom stereocenters. The molecule has 1 aliphatic heterocycles. The summed E-state index contributed by atoms with van der Waals surface area (Å²) in [5, 5.41) is 40.5. The molecule has 0 aliphatic carbocycles. The lowest BCUT2D eigenvalue weighted by molar-refractivity contribution is -0.253. The molecular formula is C14H19NO7. The maximum atomic E-state index is 11.7. The van der Waals surface area contributed by atoms with E-state index in [4.69, 9.17) is 14.6 Å². The van der Waals surface area contributed by atoms with Crippen molar-refractivity contribution in [1.29, 1.82) is 0 Å². The maximum absolute atomic E-state index is 11.7. The van der Waals surface area contributed by atoms with Crippen LogP contribution in [0.2, 0.25) is 0 Å². The first-order valence-corrected chi connectivity index (χ1v) is 6.80. The van der Waals surface area contributed by atoms with Crippen LogP contribution in [0.15, 0.2) is 30.3 Å². The predicted molar refractivity (Wildman–Crippen MR) is 73.5 cm³/mol. The second-order valence-corrected chi connectivity index (χ2v) is 4.96. The number of hydrogen-bond donors (Lipinski definition) is 5. The molecule has 8 heteroatoms. The number of aliphatic hydroxyl groups is 4. The summed E-state index contributed by atoms with van der Waals surface area (Å²) in [4.78, 5) is 11.7. The van der Waals surface area contributed by atoms with Crippen molar-refractivity contribution in [3.8, 4) is 0 Å². The zero-order chi connectivity index (χ0) is 16.1. The van der Waals surface area contributed by atoms with Crippen molar-refractivity contribution in [3.63, 3.8) is 0 Å². The Morgan fingerprint density at radius 2 is 1.86 bits per heavy atom. The number of benzene rings is 1. The fraction of sp³-hybridized carbons (Fsp3) is 0.500. The van der Waals surface area contributed by atoms with Gasteiger partial charge in [0.05, 0.1) is 6.61 Å². The molecule has 1 heterocycles. The lowest BCUT2D eigenvalue weighted by atomic mass is 9.97. The number of hydrogen-bond acceptors (Lipinski definition) is 7. The molecule has 1 aliphatic rings. The Balaban J connectivity index is 1.87.